The highest BCUT2D eigenvalue weighted by Gasteiger charge is 2.28. The van der Waals surface area contributed by atoms with Crippen LogP contribution in [-0.4, -0.2) is 41.0 Å². The number of hydrazine groups is 1. The van der Waals surface area contributed by atoms with Gasteiger partial charge in [0.05, 0.1) is 0 Å². The van der Waals surface area contributed by atoms with Gasteiger partial charge in [-0.1, -0.05) is 0 Å². The van der Waals surface area contributed by atoms with Gasteiger partial charge < -0.3 is 15.6 Å². The molecule has 0 atom stereocenters. The van der Waals surface area contributed by atoms with Gasteiger partial charge in [-0.2, -0.15) is 0 Å². The molecule has 1 fully saturated rings. The van der Waals surface area contributed by atoms with Gasteiger partial charge in [-0.15, -0.1) is 0 Å². The summed E-state index contributed by atoms with van der Waals surface area (Å²) in [7, 11) is 2.13. The van der Waals surface area contributed by atoms with Gasteiger partial charge in [-0.3, -0.25) is 0 Å². The SMILES string of the molecule is Cc1c(NN)nc(C2CC2)nc1NCCN(C)C(C)C. The standard InChI is InChI=1S/C14H26N6/c1-9(2)20(4)8-7-16-12-10(3)13(19-15)18-14(17-12)11-5-6-11/h9,11H,5-8,15H2,1-4H3,(H2,16,17,18,19). The Bertz CT molecular complexity index is 455. The average molecular weight is 278 g/mol. The van der Waals surface area contributed by atoms with Crippen LogP contribution in [0, 0.1) is 6.92 Å². The highest BCUT2D eigenvalue weighted by molar-refractivity contribution is 5.57. The Labute approximate surface area is 121 Å². The molecule has 1 aromatic rings. The molecule has 4 N–H and O–H groups in total. The fourth-order valence-electron chi connectivity index (χ4n) is 1.98. The van der Waals surface area contributed by atoms with Crippen molar-refractivity contribution < 1.29 is 0 Å². The van der Waals surface area contributed by atoms with Crippen molar-refractivity contribution in [2.24, 2.45) is 5.84 Å². The molecule has 6 nitrogen and oxygen atoms in total. The van der Waals surface area contributed by atoms with Gasteiger partial charge in [0.25, 0.3) is 0 Å². The first-order chi connectivity index (χ1) is 9.52. The van der Waals surface area contributed by atoms with E-state index in [1.54, 1.807) is 0 Å². The first-order valence-electron chi connectivity index (χ1n) is 7.32. The predicted molar refractivity (Wildman–Crippen MR) is 82.8 cm³/mol. The maximum Gasteiger partial charge on any atom is 0.148 e. The normalized spacial score (nSPS) is 14.9. The summed E-state index contributed by atoms with van der Waals surface area (Å²) in [5.74, 6) is 8.59. The molecular weight excluding hydrogens is 252 g/mol. The molecule has 0 aliphatic heterocycles. The van der Waals surface area contributed by atoms with Crippen LogP contribution in [0.3, 0.4) is 0 Å². The van der Waals surface area contributed by atoms with Crippen LogP contribution in [0.1, 0.15) is 44.0 Å². The smallest absolute Gasteiger partial charge is 0.148 e. The van der Waals surface area contributed by atoms with Gasteiger partial charge in [-0.05, 0) is 40.7 Å². The Morgan fingerprint density at radius 2 is 1.95 bits per heavy atom. The Kier molecular flexibility index (Phi) is 4.77. The fraction of sp³-hybridized carbons (Fsp3) is 0.714. The van der Waals surface area contributed by atoms with E-state index >= 15 is 0 Å². The molecule has 1 aromatic heterocycles. The third-order valence-electron chi connectivity index (χ3n) is 3.88. The first-order valence-corrected chi connectivity index (χ1v) is 7.32. The van der Waals surface area contributed by atoms with E-state index in [1.807, 2.05) is 6.92 Å². The van der Waals surface area contributed by atoms with Gasteiger partial charge in [0.1, 0.15) is 17.5 Å². The molecule has 0 aromatic carbocycles. The summed E-state index contributed by atoms with van der Waals surface area (Å²) in [4.78, 5) is 11.4. The van der Waals surface area contributed by atoms with Gasteiger partial charge in [-0.25, -0.2) is 15.8 Å². The lowest BCUT2D eigenvalue weighted by Crippen LogP contribution is -2.31. The van der Waals surface area contributed by atoms with Crippen molar-refractivity contribution in [3.05, 3.63) is 11.4 Å². The first kappa shape index (κ1) is 15.0. The minimum Gasteiger partial charge on any atom is -0.368 e. The van der Waals surface area contributed by atoms with Crippen molar-refractivity contribution in [2.75, 3.05) is 30.9 Å². The van der Waals surface area contributed by atoms with Crippen LogP contribution in [-0.2, 0) is 0 Å². The number of anilines is 2. The topological polar surface area (TPSA) is 79.1 Å². The molecule has 1 heterocycles. The predicted octanol–water partition coefficient (Wildman–Crippen LogP) is 1.70. The number of hydrogen-bond donors (Lipinski definition) is 3. The van der Waals surface area contributed by atoms with Crippen LogP contribution < -0.4 is 16.6 Å². The average Bonchev–Trinajstić information content (AvgIpc) is 3.24. The van der Waals surface area contributed by atoms with Crippen molar-refractivity contribution >= 4 is 11.6 Å². The lowest BCUT2D eigenvalue weighted by molar-refractivity contribution is 0.284. The Hall–Kier alpha value is -1.40. The second kappa shape index (κ2) is 6.37. The number of nitrogens with one attached hydrogen (secondary N) is 2. The third kappa shape index (κ3) is 3.58. The lowest BCUT2D eigenvalue weighted by atomic mass is 10.2. The summed E-state index contributed by atoms with van der Waals surface area (Å²) in [6.07, 6.45) is 2.37. The van der Waals surface area contributed by atoms with Gasteiger partial charge in [0, 0.05) is 30.6 Å². The van der Waals surface area contributed by atoms with E-state index in [-0.39, 0.29) is 0 Å². The van der Waals surface area contributed by atoms with E-state index in [9.17, 15) is 0 Å². The van der Waals surface area contributed by atoms with Gasteiger partial charge in [0.2, 0.25) is 0 Å². The summed E-state index contributed by atoms with van der Waals surface area (Å²) in [6, 6.07) is 0.548. The van der Waals surface area contributed by atoms with Crippen molar-refractivity contribution in [1.82, 2.24) is 14.9 Å². The highest BCUT2D eigenvalue weighted by atomic mass is 15.3. The molecule has 0 amide bonds. The molecule has 0 spiro atoms. The zero-order valence-corrected chi connectivity index (χ0v) is 12.9. The van der Waals surface area contributed by atoms with Crippen LogP contribution in [0.2, 0.25) is 0 Å². The molecule has 6 heteroatoms. The van der Waals surface area contributed by atoms with E-state index in [0.717, 1.165) is 36.1 Å². The summed E-state index contributed by atoms with van der Waals surface area (Å²) in [5.41, 5.74) is 3.65. The number of nitrogens with two attached hydrogens (primary N) is 1. The summed E-state index contributed by atoms with van der Waals surface area (Å²) >= 11 is 0. The van der Waals surface area contributed by atoms with Crippen LogP contribution in [0.4, 0.5) is 11.6 Å². The molecule has 1 aliphatic rings. The maximum atomic E-state index is 5.55. The zero-order chi connectivity index (χ0) is 14.7. The Morgan fingerprint density at radius 3 is 2.50 bits per heavy atom. The summed E-state index contributed by atoms with van der Waals surface area (Å²) in [5, 5.41) is 3.41. The largest absolute Gasteiger partial charge is 0.368 e. The second-order valence-electron chi connectivity index (χ2n) is 5.82. The van der Waals surface area contributed by atoms with Crippen molar-refractivity contribution in [3.63, 3.8) is 0 Å². The maximum absolute atomic E-state index is 5.55. The molecular formula is C14H26N6. The molecule has 1 aliphatic carbocycles. The van der Waals surface area contributed by atoms with E-state index in [4.69, 9.17) is 5.84 Å². The Morgan fingerprint density at radius 1 is 1.30 bits per heavy atom. The van der Waals surface area contributed by atoms with Crippen molar-refractivity contribution in [3.8, 4) is 0 Å². The van der Waals surface area contributed by atoms with E-state index in [1.165, 1.54) is 12.8 Å². The van der Waals surface area contributed by atoms with E-state index in [2.05, 4.69) is 46.5 Å². The molecule has 112 valence electrons. The lowest BCUT2D eigenvalue weighted by Gasteiger charge is -2.21. The Balaban J connectivity index is 2.04. The molecule has 1 saturated carbocycles. The minimum atomic E-state index is 0.515. The molecule has 0 radical (unpaired) electrons. The molecule has 0 unspecified atom stereocenters. The minimum absolute atomic E-state index is 0.515. The number of likely N-dealkylation sites (N-methyl/N-ethyl adjacent to an activating group) is 1. The molecule has 0 bridgehead atoms. The summed E-state index contributed by atoms with van der Waals surface area (Å²) < 4.78 is 0. The van der Waals surface area contributed by atoms with Crippen LogP contribution in [0.25, 0.3) is 0 Å². The van der Waals surface area contributed by atoms with E-state index in [0.29, 0.717) is 12.0 Å². The van der Waals surface area contributed by atoms with E-state index < -0.39 is 0 Å². The highest BCUT2D eigenvalue weighted by Crippen LogP contribution is 2.39. The molecule has 20 heavy (non-hydrogen) atoms. The molecule has 2 rings (SSSR count). The van der Waals surface area contributed by atoms with Crippen molar-refractivity contribution in [1.29, 1.82) is 0 Å². The van der Waals surface area contributed by atoms with Crippen LogP contribution in [0.5, 0.6) is 0 Å². The second-order valence-corrected chi connectivity index (χ2v) is 5.82. The molecule has 0 saturated heterocycles. The number of nitrogens with zero attached hydrogens (tertiary/aromatic N) is 3. The van der Waals surface area contributed by atoms with Crippen molar-refractivity contribution in [2.45, 2.75) is 45.6 Å². The van der Waals surface area contributed by atoms with Gasteiger partial charge >= 0.3 is 0 Å². The number of rotatable bonds is 7. The number of hydrogen-bond acceptors (Lipinski definition) is 6. The zero-order valence-electron chi connectivity index (χ0n) is 12.9. The van der Waals surface area contributed by atoms with Gasteiger partial charge in [0.15, 0.2) is 0 Å². The quantitative estimate of drug-likeness (QED) is 0.520. The fourth-order valence-corrected chi connectivity index (χ4v) is 1.98. The monoisotopic (exact) mass is 278 g/mol. The summed E-state index contributed by atoms with van der Waals surface area (Å²) in [6.45, 7) is 8.21. The van der Waals surface area contributed by atoms with Crippen LogP contribution in [0.15, 0.2) is 0 Å². The number of aromatic nitrogens is 2. The van der Waals surface area contributed by atoms with Crippen LogP contribution >= 0.6 is 0 Å². The number of nitrogen functional groups attached to an aromatic ring is 1. The third-order valence-corrected chi connectivity index (χ3v) is 3.88.